The highest BCUT2D eigenvalue weighted by Gasteiger charge is 2.15. The van der Waals surface area contributed by atoms with Crippen LogP contribution in [0.3, 0.4) is 0 Å². The lowest BCUT2D eigenvalue weighted by Gasteiger charge is -2.20. The standard InChI is InChI=1S/C20H27N3O3/c1-22-9-3-11-23(13-12-22)10-2-8-21-20(26)17-7-5-15-4-6-16(24)14-18(15)19(17)25/h4-7,14,24-25H,2-3,8-13H2,1H3,(H,21,26). The summed E-state index contributed by atoms with van der Waals surface area (Å²) < 4.78 is 0. The highest BCUT2D eigenvalue weighted by molar-refractivity contribution is 6.03. The smallest absolute Gasteiger partial charge is 0.255 e. The minimum absolute atomic E-state index is 0.0634. The van der Waals surface area contributed by atoms with Gasteiger partial charge in [0.05, 0.1) is 5.56 Å². The summed E-state index contributed by atoms with van der Waals surface area (Å²) in [7, 11) is 2.15. The molecule has 140 valence electrons. The number of phenols is 2. The van der Waals surface area contributed by atoms with E-state index in [2.05, 4.69) is 22.2 Å². The number of benzene rings is 2. The van der Waals surface area contributed by atoms with E-state index >= 15 is 0 Å². The molecule has 6 heteroatoms. The second-order valence-electron chi connectivity index (χ2n) is 6.98. The zero-order valence-electron chi connectivity index (χ0n) is 15.2. The molecule has 0 atom stereocenters. The SMILES string of the molecule is CN1CCCN(CCCNC(=O)c2ccc3ccc(O)cc3c2O)CC1. The Morgan fingerprint density at radius 2 is 1.92 bits per heavy atom. The van der Waals surface area contributed by atoms with Crippen LogP contribution < -0.4 is 5.32 Å². The molecule has 0 spiro atoms. The Kier molecular flexibility index (Phi) is 5.96. The van der Waals surface area contributed by atoms with Crippen LogP contribution in [0.1, 0.15) is 23.2 Å². The molecule has 3 N–H and O–H groups in total. The average Bonchev–Trinajstić information content (AvgIpc) is 2.83. The van der Waals surface area contributed by atoms with Crippen molar-refractivity contribution in [1.29, 1.82) is 0 Å². The summed E-state index contributed by atoms with van der Waals surface area (Å²) in [5.41, 5.74) is 0.236. The number of fused-ring (bicyclic) bond motifs is 1. The molecule has 2 aromatic rings. The van der Waals surface area contributed by atoms with Crippen molar-refractivity contribution in [3.05, 3.63) is 35.9 Å². The number of amides is 1. The summed E-state index contributed by atoms with van der Waals surface area (Å²) in [5, 5.41) is 24.1. The molecule has 1 aliphatic rings. The van der Waals surface area contributed by atoms with Gasteiger partial charge in [-0.3, -0.25) is 4.79 Å². The molecule has 0 aromatic heterocycles. The van der Waals surface area contributed by atoms with Crippen LogP contribution in [-0.4, -0.2) is 72.2 Å². The Balaban J connectivity index is 1.53. The Morgan fingerprint density at radius 1 is 1.12 bits per heavy atom. The Bertz CT molecular complexity index is 778. The van der Waals surface area contributed by atoms with Gasteiger partial charge in [0.2, 0.25) is 0 Å². The number of hydrogen-bond acceptors (Lipinski definition) is 5. The van der Waals surface area contributed by atoms with Gasteiger partial charge in [-0.25, -0.2) is 0 Å². The maximum atomic E-state index is 12.4. The highest BCUT2D eigenvalue weighted by atomic mass is 16.3. The van der Waals surface area contributed by atoms with Gasteiger partial charge in [0.15, 0.2) is 0 Å². The fourth-order valence-corrected chi connectivity index (χ4v) is 3.40. The molecule has 3 rings (SSSR count). The predicted octanol–water partition coefficient (Wildman–Crippen LogP) is 2.01. The van der Waals surface area contributed by atoms with Crippen molar-refractivity contribution in [3.8, 4) is 11.5 Å². The molecule has 0 aliphatic carbocycles. The molecule has 1 fully saturated rings. The van der Waals surface area contributed by atoms with Crippen LogP contribution in [0.5, 0.6) is 11.5 Å². The summed E-state index contributed by atoms with van der Waals surface area (Å²) in [6.07, 6.45) is 2.06. The van der Waals surface area contributed by atoms with E-state index in [-0.39, 0.29) is 23.0 Å². The van der Waals surface area contributed by atoms with E-state index in [0.29, 0.717) is 11.9 Å². The highest BCUT2D eigenvalue weighted by Crippen LogP contribution is 2.31. The van der Waals surface area contributed by atoms with Gasteiger partial charge in [0, 0.05) is 25.0 Å². The Hall–Kier alpha value is -2.31. The molecule has 1 amide bonds. The van der Waals surface area contributed by atoms with E-state index < -0.39 is 0 Å². The molecule has 0 unspecified atom stereocenters. The van der Waals surface area contributed by atoms with Crippen LogP contribution in [-0.2, 0) is 0 Å². The molecule has 26 heavy (non-hydrogen) atoms. The largest absolute Gasteiger partial charge is 0.508 e. The summed E-state index contributed by atoms with van der Waals surface area (Å²) >= 11 is 0. The van der Waals surface area contributed by atoms with Crippen molar-refractivity contribution in [2.45, 2.75) is 12.8 Å². The third-order valence-electron chi connectivity index (χ3n) is 4.97. The van der Waals surface area contributed by atoms with Gasteiger partial charge in [-0.1, -0.05) is 12.1 Å². The number of carbonyl (C=O) groups excluding carboxylic acids is 1. The van der Waals surface area contributed by atoms with E-state index in [1.54, 1.807) is 24.3 Å². The zero-order valence-corrected chi connectivity index (χ0v) is 15.2. The lowest BCUT2D eigenvalue weighted by atomic mass is 10.0. The summed E-state index contributed by atoms with van der Waals surface area (Å²) in [6, 6.07) is 8.14. The van der Waals surface area contributed by atoms with Gasteiger partial charge < -0.3 is 25.3 Å². The van der Waals surface area contributed by atoms with Gasteiger partial charge in [0.25, 0.3) is 5.91 Å². The zero-order chi connectivity index (χ0) is 18.5. The molecular formula is C20H27N3O3. The Morgan fingerprint density at radius 3 is 2.77 bits per heavy atom. The number of likely N-dealkylation sites (N-methyl/N-ethyl adjacent to an activating group) is 1. The van der Waals surface area contributed by atoms with E-state index in [1.807, 2.05) is 0 Å². The number of nitrogens with one attached hydrogen (secondary N) is 1. The number of phenolic OH excluding ortho intramolecular Hbond substituents is 2. The van der Waals surface area contributed by atoms with E-state index in [1.165, 1.54) is 12.5 Å². The third kappa shape index (κ3) is 4.45. The van der Waals surface area contributed by atoms with E-state index in [9.17, 15) is 15.0 Å². The number of rotatable bonds is 5. The second-order valence-corrected chi connectivity index (χ2v) is 6.98. The normalized spacial score (nSPS) is 16.5. The van der Waals surface area contributed by atoms with Crippen molar-refractivity contribution >= 4 is 16.7 Å². The molecule has 2 aromatic carbocycles. The average molecular weight is 357 g/mol. The Labute approximate surface area is 154 Å². The summed E-state index contributed by atoms with van der Waals surface area (Å²) in [6.45, 7) is 5.94. The fourth-order valence-electron chi connectivity index (χ4n) is 3.40. The monoisotopic (exact) mass is 357 g/mol. The topological polar surface area (TPSA) is 76.0 Å². The first kappa shape index (κ1) is 18.5. The van der Waals surface area contributed by atoms with Crippen LogP contribution in [0.4, 0.5) is 0 Å². The lowest BCUT2D eigenvalue weighted by Crippen LogP contribution is -2.32. The van der Waals surface area contributed by atoms with Gasteiger partial charge in [-0.2, -0.15) is 0 Å². The third-order valence-corrected chi connectivity index (χ3v) is 4.97. The van der Waals surface area contributed by atoms with Gasteiger partial charge in [0.1, 0.15) is 11.5 Å². The minimum Gasteiger partial charge on any atom is -0.508 e. The number of aromatic hydroxyl groups is 2. The van der Waals surface area contributed by atoms with Gasteiger partial charge in [-0.15, -0.1) is 0 Å². The van der Waals surface area contributed by atoms with Crippen molar-refractivity contribution in [2.24, 2.45) is 0 Å². The molecule has 0 saturated carbocycles. The molecule has 1 aliphatic heterocycles. The van der Waals surface area contributed by atoms with Crippen molar-refractivity contribution in [3.63, 3.8) is 0 Å². The summed E-state index contributed by atoms with van der Waals surface area (Å²) in [5.74, 6) is -0.316. The van der Waals surface area contributed by atoms with Crippen molar-refractivity contribution < 1.29 is 15.0 Å². The van der Waals surface area contributed by atoms with Gasteiger partial charge >= 0.3 is 0 Å². The number of nitrogens with zero attached hydrogens (tertiary/aromatic N) is 2. The van der Waals surface area contributed by atoms with Crippen molar-refractivity contribution in [2.75, 3.05) is 46.3 Å². The first-order valence-corrected chi connectivity index (χ1v) is 9.18. The van der Waals surface area contributed by atoms with Crippen LogP contribution in [0, 0.1) is 0 Å². The maximum Gasteiger partial charge on any atom is 0.255 e. The molecule has 1 saturated heterocycles. The molecule has 0 radical (unpaired) electrons. The fraction of sp³-hybridized carbons (Fsp3) is 0.450. The lowest BCUT2D eigenvalue weighted by molar-refractivity contribution is 0.0949. The number of hydrogen-bond donors (Lipinski definition) is 3. The number of carbonyl (C=O) groups is 1. The second kappa shape index (κ2) is 8.38. The predicted molar refractivity (Wildman–Crippen MR) is 103 cm³/mol. The van der Waals surface area contributed by atoms with Crippen LogP contribution in [0.25, 0.3) is 10.8 Å². The van der Waals surface area contributed by atoms with Crippen molar-refractivity contribution in [1.82, 2.24) is 15.1 Å². The van der Waals surface area contributed by atoms with Crippen LogP contribution >= 0.6 is 0 Å². The minimum atomic E-state index is -0.289. The summed E-state index contributed by atoms with van der Waals surface area (Å²) in [4.78, 5) is 17.2. The van der Waals surface area contributed by atoms with E-state index in [4.69, 9.17) is 0 Å². The van der Waals surface area contributed by atoms with E-state index in [0.717, 1.165) is 44.5 Å². The molecule has 0 bridgehead atoms. The van der Waals surface area contributed by atoms with Gasteiger partial charge in [-0.05, 0) is 63.1 Å². The maximum absolute atomic E-state index is 12.4. The molecule has 6 nitrogen and oxygen atoms in total. The molecular weight excluding hydrogens is 330 g/mol. The van der Waals surface area contributed by atoms with Crippen LogP contribution in [0.15, 0.2) is 30.3 Å². The quantitative estimate of drug-likeness (QED) is 0.714. The van der Waals surface area contributed by atoms with Crippen LogP contribution in [0.2, 0.25) is 0 Å². The first-order valence-electron chi connectivity index (χ1n) is 9.18. The first-order chi connectivity index (χ1) is 12.5. The molecule has 1 heterocycles.